The SMILES string of the molecule is [C-]#[N+]c1ccc(-c2ccc3c(c2)C(c2ccccc2)(c2ccccc2)c2cc(-c4cc(-c5ccccc5)nc(-c5ccccc5)n4)ccc2-3)cc1. The third kappa shape index (κ3) is 5.14. The molecule has 7 aromatic carbocycles. The van der Waals surface area contributed by atoms with Gasteiger partial charge in [-0.3, -0.25) is 0 Å². The lowest BCUT2D eigenvalue weighted by Crippen LogP contribution is -2.28. The van der Waals surface area contributed by atoms with Gasteiger partial charge in [0.15, 0.2) is 11.5 Å². The van der Waals surface area contributed by atoms with E-state index in [-0.39, 0.29) is 0 Å². The molecule has 238 valence electrons. The molecule has 3 nitrogen and oxygen atoms in total. The zero-order valence-corrected chi connectivity index (χ0v) is 27.7. The minimum absolute atomic E-state index is 0.590. The number of nitrogens with zero attached hydrogens (tertiary/aromatic N) is 3. The molecule has 9 rings (SSSR count). The van der Waals surface area contributed by atoms with E-state index in [1.165, 1.54) is 33.4 Å². The number of hydrogen-bond acceptors (Lipinski definition) is 2. The second-order valence-corrected chi connectivity index (χ2v) is 12.9. The van der Waals surface area contributed by atoms with Crippen molar-refractivity contribution in [1.82, 2.24) is 9.97 Å². The third-order valence-corrected chi connectivity index (χ3v) is 10.0. The zero-order chi connectivity index (χ0) is 34.2. The summed E-state index contributed by atoms with van der Waals surface area (Å²) >= 11 is 0. The van der Waals surface area contributed by atoms with Crippen LogP contribution >= 0.6 is 0 Å². The average Bonchev–Trinajstić information content (AvgIpc) is 3.51. The van der Waals surface area contributed by atoms with Crippen molar-refractivity contribution >= 4 is 5.69 Å². The predicted octanol–water partition coefficient (Wildman–Crippen LogP) is 12.1. The summed E-state index contributed by atoms with van der Waals surface area (Å²) in [7, 11) is 0. The first-order chi connectivity index (χ1) is 25.2. The molecule has 0 saturated carbocycles. The van der Waals surface area contributed by atoms with Gasteiger partial charge in [0.25, 0.3) is 0 Å². The second kappa shape index (κ2) is 12.5. The van der Waals surface area contributed by atoms with Crippen LogP contribution in [0.25, 0.3) is 61.0 Å². The summed E-state index contributed by atoms with van der Waals surface area (Å²) in [5.74, 6) is 0.696. The van der Waals surface area contributed by atoms with Gasteiger partial charge >= 0.3 is 0 Å². The maximum absolute atomic E-state index is 7.44. The van der Waals surface area contributed by atoms with Crippen molar-refractivity contribution in [3.05, 3.63) is 222 Å². The van der Waals surface area contributed by atoms with Gasteiger partial charge < -0.3 is 0 Å². The van der Waals surface area contributed by atoms with E-state index in [0.29, 0.717) is 11.5 Å². The smallest absolute Gasteiger partial charge is 0.187 e. The van der Waals surface area contributed by atoms with Gasteiger partial charge in [-0.15, -0.1) is 0 Å². The molecule has 0 N–H and O–H groups in total. The predicted molar refractivity (Wildman–Crippen MR) is 207 cm³/mol. The van der Waals surface area contributed by atoms with E-state index in [1.54, 1.807) is 0 Å². The summed E-state index contributed by atoms with van der Waals surface area (Å²) < 4.78 is 0. The van der Waals surface area contributed by atoms with Crippen LogP contribution in [0.3, 0.4) is 0 Å². The van der Waals surface area contributed by atoms with Gasteiger partial charge in [-0.25, -0.2) is 14.8 Å². The Morgan fingerprint density at radius 1 is 0.392 bits per heavy atom. The van der Waals surface area contributed by atoms with E-state index in [9.17, 15) is 0 Å². The lowest BCUT2D eigenvalue weighted by molar-refractivity contribution is 0.769. The second-order valence-electron chi connectivity index (χ2n) is 12.9. The number of benzene rings is 7. The maximum Gasteiger partial charge on any atom is 0.187 e. The minimum Gasteiger partial charge on any atom is -0.238 e. The minimum atomic E-state index is -0.590. The Morgan fingerprint density at radius 2 is 0.843 bits per heavy atom. The molecule has 3 heteroatoms. The monoisotopic (exact) mass is 649 g/mol. The van der Waals surface area contributed by atoms with Crippen molar-refractivity contribution in [1.29, 1.82) is 0 Å². The lowest BCUT2D eigenvalue weighted by atomic mass is 9.67. The Hall–Kier alpha value is -6.89. The largest absolute Gasteiger partial charge is 0.238 e. The highest BCUT2D eigenvalue weighted by Crippen LogP contribution is 2.57. The van der Waals surface area contributed by atoms with Crippen molar-refractivity contribution in [3.63, 3.8) is 0 Å². The quantitative estimate of drug-likeness (QED) is 0.168. The topological polar surface area (TPSA) is 30.1 Å². The fourth-order valence-electron chi connectivity index (χ4n) is 7.62. The Labute approximate surface area is 298 Å². The number of aromatic nitrogens is 2. The first kappa shape index (κ1) is 30.2. The Balaban J connectivity index is 1.31. The normalized spacial score (nSPS) is 12.5. The average molecular weight is 650 g/mol. The van der Waals surface area contributed by atoms with Crippen LogP contribution < -0.4 is 0 Å². The van der Waals surface area contributed by atoms with Crippen molar-refractivity contribution in [2.75, 3.05) is 0 Å². The fraction of sp³-hybridized carbons (Fsp3) is 0.0208. The molecule has 0 unspecified atom stereocenters. The summed E-state index contributed by atoms with van der Waals surface area (Å²) in [5, 5.41) is 0. The van der Waals surface area contributed by atoms with Gasteiger partial charge in [-0.2, -0.15) is 0 Å². The van der Waals surface area contributed by atoms with Gasteiger partial charge in [-0.05, 0) is 62.7 Å². The Bertz CT molecular complexity index is 2460. The van der Waals surface area contributed by atoms with Crippen molar-refractivity contribution in [3.8, 4) is 56.2 Å². The summed E-state index contributed by atoms with van der Waals surface area (Å²) in [6.45, 7) is 7.44. The number of rotatable bonds is 6. The molecule has 51 heavy (non-hydrogen) atoms. The van der Waals surface area contributed by atoms with Crippen LogP contribution in [0.15, 0.2) is 188 Å². The molecule has 0 bridgehead atoms. The molecule has 1 aromatic heterocycles. The molecule has 0 spiro atoms. The first-order valence-corrected chi connectivity index (χ1v) is 17.1. The number of hydrogen-bond donors (Lipinski definition) is 0. The molecule has 0 amide bonds. The van der Waals surface area contributed by atoms with Crippen LogP contribution in [-0.4, -0.2) is 9.97 Å². The third-order valence-electron chi connectivity index (χ3n) is 10.0. The van der Waals surface area contributed by atoms with Crippen LogP contribution in [0.2, 0.25) is 0 Å². The summed E-state index contributed by atoms with van der Waals surface area (Å²) in [6, 6.07) is 65.9. The van der Waals surface area contributed by atoms with Crippen molar-refractivity contribution < 1.29 is 0 Å². The molecule has 0 radical (unpaired) electrons. The Kier molecular flexibility index (Phi) is 7.42. The molecule has 1 aliphatic rings. The molecule has 0 atom stereocenters. The first-order valence-electron chi connectivity index (χ1n) is 17.1. The van der Waals surface area contributed by atoms with Crippen LogP contribution in [0.1, 0.15) is 22.3 Å². The van der Waals surface area contributed by atoms with Gasteiger partial charge in [0.2, 0.25) is 0 Å². The lowest BCUT2D eigenvalue weighted by Gasteiger charge is -2.34. The molecule has 8 aromatic rings. The molecule has 1 aliphatic carbocycles. The van der Waals surface area contributed by atoms with Crippen molar-refractivity contribution in [2.24, 2.45) is 0 Å². The van der Waals surface area contributed by atoms with Crippen LogP contribution in [0.5, 0.6) is 0 Å². The summed E-state index contributed by atoms with van der Waals surface area (Å²) in [5.41, 5.74) is 14.3. The van der Waals surface area contributed by atoms with Crippen LogP contribution in [0.4, 0.5) is 5.69 Å². The van der Waals surface area contributed by atoms with Gasteiger partial charge in [0.05, 0.1) is 23.4 Å². The van der Waals surface area contributed by atoms with Gasteiger partial charge in [0.1, 0.15) is 0 Å². The highest BCUT2D eigenvalue weighted by molar-refractivity contribution is 5.90. The van der Waals surface area contributed by atoms with Crippen LogP contribution in [-0.2, 0) is 5.41 Å². The highest BCUT2D eigenvalue weighted by atomic mass is 14.9. The molecule has 0 aliphatic heterocycles. The Morgan fingerprint density at radius 3 is 1.39 bits per heavy atom. The standard InChI is InChI=1S/C48H31N3/c1-49-40-26-22-33(23-27-40)36-24-28-41-42-29-25-37(46-32-45(34-14-6-2-7-15-34)50-47(51-46)35-16-8-3-9-17-35)31-44(42)48(43(41)30-36,38-18-10-4-11-19-38)39-20-12-5-13-21-39/h2-32H. The van der Waals surface area contributed by atoms with E-state index < -0.39 is 5.41 Å². The van der Waals surface area contributed by atoms with Crippen LogP contribution in [0, 0.1) is 6.57 Å². The van der Waals surface area contributed by atoms with E-state index in [4.69, 9.17) is 16.5 Å². The zero-order valence-electron chi connectivity index (χ0n) is 27.7. The van der Waals surface area contributed by atoms with E-state index >= 15 is 0 Å². The van der Waals surface area contributed by atoms with Gasteiger partial charge in [-0.1, -0.05) is 170 Å². The van der Waals surface area contributed by atoms with Crippen molar-refractivity contribution in [2.45, 2.75) is 5.41 Å². The maximum atomic E-state index is 7.44. The molecular formula is C48H31N3. The molecule has 1 heterocycles. The summed E-state index contributed by atoms with van der Waals surface area (Å²) in [6.07, 6.45) is 0. The van der Waals surface area contributed by atoms with Gasteiger partial charge in [0, 0.05) is 16.7 Å². The van der Waals surface area contributed by atoms with E-state index in [0.717, 1.165) is 39.2 Å². The summed E-state index contributed by atoms with van der Waals surface area (Å²) in [4.78, 5) is 13.9. The fourth-order valence-corrected chi connectivity index (χ4v) is 7.62. The molecular weight excluding hydrogens is 619 g/mol. The number of fused-ring (bicyclic) bond motifs is 3. The van der Waals surface area contributed by atoms with E-state index in [2.05, 4.69) is 132 Å². The molecule has 0 saturated heterocycles. The highest BCUT2D eigenvalue weighted by Gasteiger charge is 2.46. The molecule has 0 fully saturated rings. The van der Waals surface area contributed by atoms with E-state index in [1.807, 2.05) is 60.7 Å².